The monoisotopic (exact) mass is 472 g/mol. The number of aliphatic hydroxyl groups excluding tert-OH is 1. The van der Waals surface area contributed by atoms with E-state index in [1.807, 2.05) is 54.6 Å². The molecule has 0 saturated carbocycles. The Bertz CT molecular complexity index is 1170. The molecule has 0 unspecified atom stereocenters. The lowest BCUT2D eigenvalue weighted by Crippen LogP contribution is -2.40. The van der Waals surface area contributed by atoms with Crippen molar-refractivity contribution in [1.29, 1.82) is 0 Å². The van der Waals surface area contributed by atoms with Gasteiger partial charge in [0.2, 0.25) is 5.91 Å². The molecule has 2 N–H and O–H groups in total. The van der Waals surface area contributed by atoms with Crippen LogP contribution < -0.4 is 5.32 Å². The van der Waals surface area contributed by atoms with Crippen LogP contribution in [0.5, 0.6) is 0 Å². The normalized spacial score (nSPS) is 17.3. The fourth-order valence-electron chi connectivity index (χ4n) is 4.19. The lowest BCUT2D eigenvalue weighted by molar-refractivity contribution is -0.122. The Balaban J connectivity index is 1.42. The molecule has 35 heavy (non-hydrogen) atoms. The minimum absolute atomic E-state index is 0.0962. The summed E-state index contributed by atoms with van der Waals surface area (Å²) in [6, 6.07) is 20.0. The molecule has 1 aromatic heterocycles. The van der Waals surface area contributed by atoms with Gasteiger partial charge < -0.3 is 20.2 Å². The van der Waals surface area contributed by atoms with Gasteiger partial charge in [-0.15, -0.1) is 0 Å². The number of nitrogens with zero attached hydrogens (tertiary/aromatic N) is 3. The molecule has 1 saturated heterocycles. The molecule has 8 nitrogen and oxygen atoms in total. The number of oxime groups is 1. The van der Waals surface area contributed by atoms with Crippen molar-refractivity contribution in [1.82, 2.24) is 15.2 Å². The minimum atomic E-state index is -0.800. The Morgan fingerprint density at radius 2 is 1.77 bits per heavy atom. The number of carbonyl (C=O) groups is 2. The Labute approximate surface area is 204 Å². The zero-order valence-corrected chi connectivity index (χ0v) is 19.5. The first-order valence-electron chi connectivity index (χ1n) is 11.4. The molecular weight excluding hydrogens is 444 g/mol. The van der Waals surface area contributed by atoms with Gasteiger partial charge in [0.05, 0.1) is 18.4 Å². The highest BCUT2D eigenvalue weighted by molar-refractivity contribution is 6.01. The van der Waals surface area contributed by atoms with Crippen LogP contribution in [-0.4, -0.2) is 58.8 Å². The first kappa shape index (κ1) is 24.1. The number of likely N-dealkylation sites (tertiary alicyclic amines) is 1. The fourth-order valence-corrected chi connectivity index (χ4v) is 4.19. The summed E-state index contributed by atoms with van der Waals surface area (Å²) >= 11 is 0. The van der Waals surface area contributed by atoms with Crippen molar-refractivity contribution in [3.8, 4) is 11.1 Å². The zero-order chi connectivity index (χ0) is 24.6. The molecule has 0 radical (unpaired) electrons. The lowest BCUT2D eigenvalue weighted by atomic mass is 10.0. The van der Waals surface area contributed by atoms with Crippen LogP contribution >= 0.6 is 0 Å². The quantitative estimate of drug-likeness (QED) is 0.490. The lowest BCUT2D eigenvalue weighted by Gasteiger charge is -2.24. The van der Waals surface area contributed by atoms with Gasteiger partial charge in [-0.05, 0) is 41.0 Å². The highest BCUT2D eigenvalue weighted by atomic mass is 16.6. The molecule has 2 aromatic carbocycles. The number of aliphatic hydroxyl groups is 1. The Hall–Kier alpha value is -4.04. The van der Waals surface area contributed by atoms with Crippen molar-refractivity contribution in [2.24, 2.45) is 5.16 Å². The number of benzene rings is 2. The maximum atomic E-state index is 13.3. The van der Waals surface area contributed by atoms with Gasteiger partial charge in [-0.2, -0.15) is 0 Å². The van der Waals surface area contributed by atoms with Crippen LogP contribution in [0.4, 0.5) is 0 Å². The molecule has 0 bridgehead atoms. The van der Waals surface area contributed by atoms with Crippen molar-refractivity contribution in [3.63, 3.8) is 0 Å². The summed E-state index contributed by atoms with van der Waals surface area (Å²) in [5.74, 6) is -0.413. The topological polar surface area (TPSA) is 104 Å². The van der Waals surface area contributed by atoms with Crippen LogP contribution in [-0.2, 0) is 9.63 Å². The number of carbonyl (C=O) groups excluding carboxylic acids is 2. The van der Waals surface area contributed by atoms with Crippen molar-refractivity contribution in [2.45, 2.75) is 25.0 Å². The molecule has 8 heteroatoms. The van der Waals surface area contributed by atoms with Gasteiger partial charge in [0, 0.05) is 43.4 Å². The van der Waals surface area contributed by atoms with E-state index < -0.39 is 6.10 Å². The maximum absolute atomic E-state index is 13.3. The second-order valence-corrected chi connectivity index (χ2v) is 8.38. The highest BCUT2D eigenvalue weighted by Gasteiger charge is 2.35. The molecule has 1 aliphatic rings. The zero-order valence-electron chi connectivity index (χ0n) is 19.5. The molecule has 2 amide bonds. The number of pyridine rings is 1. The number of amides is 2. The predicted octanol–water partition coefficient (Wildman–Crippen LogP) is 3.21. The predicted molar refractivity (Wildman–Crippen MR) is 133 cm³/mol. The van der Waals surface area contributed by atoms with Crippen LogP contribution in [0.25, 0.3) is 11.1 Å². The average molecular weight is 473 g/mol. The Morgan fingerprint density at radius 1 is 1.09 bits per heavy atom. The van der Waals surface area contributed by atoms with E-state index in [9.17, 15) is 14.7 Å². The first-order chi connectivity index (χ1) is 17.0. The molecular formula is C27H28N4O4. The van der Waals surface area contributed by atoms with E-state index >= 15 is 0 Å². The minimum Gasteiger partial charge on any atom is -0.399 e. The van der Waals surface area contributed by atoms with Crippen LogP contribution in [0, 0.1) is 0 Å². The number of aromatic nitrogens is 1. The molecule has 2 atom stereocenters. The van der Waals surface area contributed by atoms with Gasteiger partial charge in [0.25, 0.3) is 5.91 Å². The Kier molecular flexibility index (Phi) is 7.84. The van der Waals surface area contributed by atoms with Gasteiger partial charge in [0.1, 0.15) is 7.11 Å². The van der Waals surface area contributed by atoms with E-state index in [2.05, 4.69) is 15.5 Å². The van der Waals surface area contributed by atoms with Crippen LogP contribution in [0.1, 0.15) is 34.9 Å². The molecule has 4 rings (SSSR count). The van der Waals surface area contributed by atoms with E-state index in [0.29, 0.717) is 24.2 Å². The fraction of sp³-hybridized carbons (Fsp3) is 0.259. The first-order valence-corrected chi connectivity index (χ1v) is 11.4. The van der Waals surface area contributed by atoms with Gasteiger partial charge in [0.15, 0.2) is 0 Å². The van der Waals surface area contributed by atoms with Gasteiger partial charge in [-0.3, -0.25) is 14.6 Å². The highest BCUT2D eigenvalue weighted by Crippen LogP contribution is 2.24. The summed E-state index contributed by atoms with van der Waals surface area (Å²) in [5.41, 5.74) is 3.97. The van der Waals surface area contributed by atoms with Gasteiger partial charge in [-0.25, -0.2) is 0 Å². The third kappa shape index (κ3) is 6.10. The average Bonchev–Trinajstić information content (AvgIpc) is 3.30. The summed E-state index contributed by atoms with van der Waals surface area (Å²) in [6.45, 7) is 0.391. The van der Waals surface area contributed by atoms with Gasteiger partial charge in [-0.1, -0.05) is 47.6 Å². The van der Waals surface area contributed by atoms with E-state index in [-0.39, 0.29) is 30.8 Å². The Morgan fingerprint density at radius 3 is 2.46 bits per heavy atom. The third-order valence-electron chi connectivity index (χ3n) is 5.99. The van der Waals surface area contributed by atoms with E-state index in [1.165, 1.54) is 7.11 Å². The summed E-state index contributed by atoms with van der Waals surface area (Å²) in [6.07, 6.45) is 3.20. The second kappa shape index (κ2) is 11.4. The molecule has 1 fully saturated rings. The van der Waals surface area contributed by atoms with Crippen LogP contribution in [0.15, 0.2) is 84.3 Å². The summed E-state index contributed by atoms with van der Waals surface area (Å²) in [4.78, 5) is 36.6. The molecule has 2 heterocycles. The standard InChI is InChI=1S/C27H28N4O4/c1-35-30-23-15-24(16-26(33)29-17-25(32)21-5-3-2-4-6-21)31(18-23)27(34)22-9-7-19(8-10-22)20-11-13-28-14-12-20/h2-14,24-25,32H,15-18H2,1H3,(H,29,33)/t24-,25-/m0/s1. The third-order valence-corrected chi connectivity index (χ3v) is 5.99. The summed E-state index contributed by atoms with van der Waals surface area (Å²) in [7, 11) is 1.46. The molecule has 180 valence electrons. The number of rotatable bonds is 8. The second-order valence-electron chi connectivity index (χ2n) is 8.38. The smallest absolute Gasteiger partial charge is 0.254 e. The van der Waals surface area contributed by atoms with Crippen molar-refractivity contribution in [2.75, 3.05) is 20.2 Å². The van der Waals surface area contributed by atoms with E-state index in [4.69, 9.17) is 4.84 Å². The molecule has 3 aromatic rings. The van der Waals surface area contributed by atoms with Crippen LogP contribution in [0.2, 0.25) is 0 Å². The maximum Gasteiger partial charge on any atom is 0.254 e. The van der Waals surface area contributed by atoms with Crippen LogP contribution in [0.3, 0.4) is 0 Å². The van der Waals surface area contributed by atoms with Crippen molar-refractivity contribution < 1.29 is 19.5 Å². The summed E-state index contributed by atoms with van der Waals surface area (Å²) < 4.78 is 0. The largest absolute Gasteiger partial charge is 0.399 e. The van der Waals surface area contributed by atoms with E-state index in [1.54, 1.807) is 29.4 Å². The molecule has 0 aliphatic carbocycles. The van der Waals surface area contributed by atoms with Gasteiger partial charge >= 0.3 is 0 Å². The summed E-state index contributed by atoms with van der Waals surface area (Å²) in [5, 5.41) is 17.1. The molecule has 1 aliphatic heterocycles. The molecule has 0 spiro atoms. The number of hydrogen-bond acceptors (Lipinski definition) is 6. The van der Waals surface area contributed by atoms with Crippen molar-refractivity contribution in [3.05, 3.63) is 90.3 Å². The number of hydrogen-bond donors (Lipinski definition) is 2. The SMILES string of the molecule is CON=C1C[C@@H](CC(=O)NC[C@H](O)c2ccccc2)N(C(=O)c2ccc(-c3ccncc3)cc2)C1. The van der Waals surface area contributed by atoms with Crippen molar-refractivity contribution >= 4 is 17.5 Å². The van der Waals surface area contributed by atoms with E-state index in [0.717, 1.165) is 16.7 Å². The number of nitrogens with one attached hydrogen (secondary N) is 1.